The lowest BCUT2D eigenvalue weighted by molar-refractivity contribution is 0.617. The highest BCUT2D eigenvalue weighted by Gasteiger charge is 2.14. The molecule has 0 saturated carbocycles. The quantitative estimate of drug-likeness (QED) is 0.854. The van der Waals surface area contributed by atoms with Gasteiger partial charge in [0.25, 0.3) is 0 Å². The van der Waals surface area contributed by atoms with Crippen molar-refractivity contribution in [3.63, 3.8) is 0 Å². The highest BCUT2D eigenvalue weighted by atomic mass is 32.1. The first-order valence-electron chi connectivity index (χ1n) is 6.32. The van der Waals surface area contributed by atoms with E-state index < -0.39 is 0 Å². The maximum Gasteiger partial charge on any atom is 0.123 e. The van der Waals surface area contributed by atoms with Gasteiger partial charge in [0.2, 0.25) is 0 Å². The minimum absolute atomic E-state index is 0.167. The number of benzene rings is 1. The van der Waals surface area contributed by atoms with Gasteiger partial charge in [0, 0.05) is 9.75 Å². The molecule has 0 aliphatic heterocycles. The second kappa shape index (κ2) is 6.12. The number of thiophene rings is 1. The van der Waals surface area contributed by atoms with E-state index in [9.17, 15) is 4.39 Å². The van der Waals surface area contributed by atoms with Gasteiger partial charge in [-0.2, -0.15) is 0 Å². The minimum Gasteiger partial charge on any atom is -0.306 e. The fraction of sp³-hybridized carbons (Fsp3) is 0.333. The van der Waals surface area contributed by atoms with Crippen LogP contribution in [0.25, 0.3) is 0 Å². The Kier molecular flexibility index (Phi) is 4.50. The van der Waals surface area contributed by atoms with E-state index >= 15 is 0 Å². The van der Waals surface area contributed by atoms with Crippen LogP contribution in [0.5, 0.6) is 0 Å². The third kappa shape index (κ3) is 2.98. The molecule has 0 fully saturated rings. The molecule has 1 unspecified atom stereocenters. The van der Waals surface area contributed by atoms with Crippen molar-refractivity contribution in [3.8, 4) is 0 Å². The largest absolute Gasteiger partial charge is 0.306 e. The predicted molar refractivity (Wildman–Crippen MR) is 75.6 cm³/mol. The summed E-state index contributed by atoms with van der Waals surface area (Å²) in [4.78, 5) is 2.68. The van der Waals surface area contributed by atoms with Gasteiger partial charge in [-0.05, 0) is 42.8 Å². The lowest BCUT2D eigenvalue weighted by atomic mass is 10.1. The fourth-order valence-corrected chi connectivity index (χ4v) is 3.04. The van der Waals surface area contributed by atoms with Crippen molar-refractivity contribution in [2.75, 3.05) is 6.54 Å². The average Bonchev–Trinajstić information content (AvgIpc) is 2.86. The summed E-state index contributed by atoms with van der Waals surface area (Å²) in [6, 6.07) is 11.3. The Labute approximate surface area is 112 Å². The van der Waals surface area contributed by atoms with Crippen molar-refractivity contribution in [1.29, 1.82) is 0 Å². The van der Waals surface area contributed by atoms with Gasteiger partial charge in [0.1, 0.15) is 5.82 Å². The van der Waals surface area contributed by atoms with Crippen molar-refractivity contribution < 1.29 is 4.39 Å². The molecule has 96 valence electrons. The average molecular weight is 263 g/mol. The third-order valence-corrected chi connectivity index (χ3v) is 4.22. The van der Waals surface area contributed by atoms with E-state index in [0.717, 1.165) is 18.5 Å². The Morgan fingerprint density at radius 1 is 1.11 bits per heavy atom. The molecule has 1 atom stereocenters. The van der Waals surface area contributed by atoms with E-state index in [0.29, 0.717) is 0 Å². The molecule has 1 nitrogen and oxygen atoms in total. The molecule has 0 saturated heterocycles. The maximum absolute atomic E-state index is 13.0. The van der Waals surface area contributed by atoms with E-state index in [1.807, 2.05) is 23.5 Å². The first kappa shape index (κ1) is 13.2. The second-order valence-electron chi connectivity index (χ2n) is 4.20. The van der Waals surface area contributed by atoms with Crippen molar-refractivity contribution in [1.82, 2.24) is 5.32 Å². The van der Waals surface area contributed by atoms with Crippen molar-refractivity contribution in [3.05, 3.63) is 57.5 Å². The SMILES string of the molecule is CCNC(c1ccc(F)cc1)c1ccc(CC)s1. The van der Waals surface area contributed by atoms with E-state index in [-0.39, 0.29) is 11.9 Å². The van der Waals surface area contributed by atoms with Crippen LogP contribution in [-0.4, -0.2) is 6.54 Å². The molecule has 2 aromatic rings. The molecule has 0 aliphatic carbocycles. The van der Waals surface area contributed by atoms with Gasteiger partial charge >= 0.3 is 0 Å². The molecule has 1 aromatic carbocycles. The Hall–Kier alpha value is -1.19. The second-order valence-corrected chi connectivity index (χ2v) is 5.40. The van der Waals surface area contributed by atoms with Crippen molar-refractivity contribution >= 4 is 11.3 Å². The number of hydrogen-bond acceptors (Lipinski definition) is 2. The molecule has 18 heavy (non-hydrogen) atoms. The third-order valence-electron chi connectivity index (χ3n) is 2.93. The van der Waals surface area contributed by atoms with E-state index in [4.69, 9.17) is 0 Å². The van der Waals surface area contributed by atoms with Gasteiger partial charge in [-0.3, -0.25) is 0 Å². The van der Waals surface area contributed by atoms with Gasteiger partial charge in [-0.25, -0.2) is 4.39 Å². The monoisotopic (exact) mass is 263 g/mol. The molecule has 0 amide bonds. The maximum atomic E-state index is 13.0. The van der Waals surface area contributed by atoms with Gasteiger partial charge in [0.05, 0.1) is 6.04 Å². The smallest absolute Gasteiger partial charge is 0.123 e. The number of hydrogen-bond donors (Lipinski definition) is 1. The molecule has 0 aliphatic rings. The summed E-state index contributed by atoms with van der Waals surface area (Å²) < 4.78 is 13.0. The van der Waals surface area contributed by atoms with E-state index in [1.165, 1.54) is 21.9 Å². The summed E-state index contributed by atoms with van der Waals surface area (Å²) >= 11 is 1.82. The molecule has 0 spiro atoms. The number of aryl methyl sites for hydroxylation is 1. The summed E-state index contributed by atoms with van der Waals surface area (Å²) in [7, 11) is 0. The summed E-state index contributed by atoms with van der Waals surface area (Å²) in [5.74, 6) is -0.186. The van der Waals surface area contributed by atoms with Crippen LogP contribution >= 0.6 is 11.3 Å². The Morgan fingerprint density at radius 2 is 1.83 bits per heavy atom. The van der Waals surface area contributed by atoms with Crippen LogP contribution in [0.15, 0.2) is 36.4 Å². The topological polar surface area (TPSA) is 12.0 Å². The molecule has 2 rings (SSSR count). The minimum atomic E-state index is -0.186. The first-order chi connectivity index (χ1) is 8.74. The Bertz CT molecular complexity index is 489. The van der Waals surface area contributed by atoms with Crippen molar-refractivity contribution in [2.24, 2.45) is 0 Å². The summed E-state index contributed by atoms with van der Waals surface area (Å²) in [6.45, 7) is 5.14. The Morgan fingerprint density at radius 3 is 2.39 bits per heavy atom. The van der Waals surface area contributed by atoms with Crippen LogP contribution < -0.4 is 5.32 Å². The van der Waals surface area contributed by atoms with Crippen molar-refractivity contribution in [2.45, 2.75) is 26.3 Å². The number of rotatable bonds is 5. The zero-order valence-electron chi connectivity index (χ0n) is 10.7. The van der Waals surface area contributed by atoms with Crippen LogP contribution in [-0.2, 0) is 6.42 Å². The summed E-state index contributed by atoms with van der Waals surface area (Å²) in [5, 5.41) is 3.46. The standard InChI is InChI=1S/C15H18FNS/c1-3-13-9-10-14(18-13)15(17-4-2)11-5-7-12(16)8-6-11/h5-10,15,17H,3-4H2,1-2H3. The normalized spacial score (nSPS) is 12.6. The molecule has 0 radical (unpaired) electrons. The molecular weight excluding hydrogens is 245 g/mol. The fourth-order valence-electron chi connectivity index (χ4n) is 1.98. The highest BCUT2D eigenvalue weighted by Crippen LogP contribution is 2.28. The Balaban J connectivity index is 2.29. The van der Waals surface area contributed by atoms with Crippen LogP contribution in [0.3, 0.4) is 0 Å². The van der Waals surface area contributed by atoms with Gasteiger partial charge < -0.3 is 5.32 Å². The molecule has 0 bridgehead atoms. The van der Waals surface area contributed by atoms with E-state index in [2.05, 4.69) is 31.3 Å². The zero-order chi connectivity index (χ0) is 13.0. The highest BCUT2D eigenvalue weighted by molar-refractivity contribution is 7.12. The van der Waals surface area contributed by atoms with Gasteiger partial charge in [-0.1, -0.05) is 26.0 Å². The number of nitrogens with one attached hydrogen (secondary N) is 1. The van der Waals surface area contributed by atoms with Crippen LogP contribution in [0.1, 0.15) is 35.2 Å². The van der Waals surface area contributed by atoms with E-state index in [1.54, 1.807) is 0 Å². The van der Waals surface area contributed by atoms with Gasteiger partial charge in [0.15, 0.2) is 0 Å². The number of halogens is 1. The molecule has 1 heterocycles. The molecule has 1 N–H and O–H groups in total. The molecule has 1 aromatic heterocycles. The first-order valence-corrected chi connectivity index (χ1v) is 7.13. The van der Waals surface area contributed by atoms with Crippen LogP contribution in [0.4, 0.5) is 4.39 Å². The molecule has 3 heteroatoms. The summed E-state index contributed by atoms with van der Waals surface area (Å²) in [6.07, 6.45) is 1.06. The zero-order valence-corrected chi connectivity index (χ0v) is 11.6. The van der Waals surface area contributed by atoms with Crippen LogP contribution in [0.2, 0.25) is 0 Å². The summed E-state index contributed by atoms with van der Waals surface area (Å²) in [5.41, 5.74) is 1.11. The lowest BCUT2D eigenvalue weighted by Gasteiger charge is -2.16. The van der Waals surface area contributed by atoms with Gasteiger partial charge in [-0.15, -0.1) is 11.3 Å². The predicted octanol–water partition coefficient (Wildman–Crippen LogP) is 4.15. The van der Waals surface area contributed by atoms with Crippen LogP contribution in [0, 0.1) is 5.82 Å². The molecular formula is C15H18FNS. The lowest BCUT2D eigenvalue weighted by Crippen LogP contribution is -2.21.